The molecule has 0 spiro atoms. The Kier molecular flexibility index (Phi) is 4.80. The lowest BCUT2D eigenvalue weighted by molar-refractivity contribution is 0.0606. The van der Waals surface area contributed by atoms with Crippen LogP contribution in [0.25, 0.3) is 0 Å². The molecule has 1 fully saturated rings. The van der Waals surface area contributed by atoms with Crippen LogP contribution >= 0.6 is 0 Å². The first kappa shape index (κ1) is 13.6. The first-order valence-corrected chi connectivity index (χ1v) is 6.84. The number of hydrogen-bond acceptors (Lipinski definition) is 4. The fourth-order valence-electron chi connectivity index (χ4n) is 2.56. The Morgan fingerprint density at radius 1 is 1.33 bits per heavy atom. The van der Waals surface area contributed by atoms with Crippen molar-refractivity contribution in [3.05, 3.63) is 24.2 Å². The summed E-state index contributed by atoms with van der Waals surface area (Å²) in [4.78, 5) is 5.01. The summed E-state index contributed by atoms with van der Waals surface area (Å²) >= 11 is 0. The lowest BCUT2D eigenvalue weighted by Crippen LogP contribution is -2.55. The maximum absolute atomic E-state index is 5.29. The van der Waals surface area contributed by atoms with Crippen molar-refractivity contribution < 1.29 is 4.42 Å². The molecule has 0 saturated carbocycles. The van der Waals surface area contributed by atoms with Crippen LogP contribution in [0.2, 0.25) is 0 Å². The van der Waals surface area contributed by atoms with E-state index in [-0.39, 0.29) is 0 Å². The fourth-order valence-corrected chi connectivity index (χ4v) is 2.56. The van der Waals surface area contributed by atoms with Gasteiger partial charge in [-0.15, -0.1) is 0 Å². The zero-order valence-electron chi connectivity index (χ0n) is 11.7. The summed E-state index contributed by atoms with van der Waals surface area (Å²) in [6.45, 7) is 9.91. The average molecular weight is 251 g/mol. The molecule has 4 heteroatoms. The highest BCUT2D eigenvalue weighted by molar-refractivity contribution is 4.97. The summed E-state index contributed by atoms with van der Waals surface area (Å²) < 4.78 is 5.29. The van der Waals surface area contributed by atoms with Crippen molar-refractivity contribution in [3.8, 4) is 0 Å². The first-order chi connectivity index (χ1) is 8.66. The Hall–Kier alpha value is -0.840. The maximum Gasteiger partial charge on any atom is 0.117 e. The molecule has 0 amide bonds. The molecule has 1 aromatic heterocycles. The lowest BCUT2D eigenvalue weighted by atomic mass is 10.1. The fraction of sp³-hybridized carbons (Fsp3) is 0.714. The quantitative estimate of drug-likeness (QED) is 0.802. The van der Waals surface area contributed by atoms with Gasteiger partial charge in [-0.25, -0.2) is 0 Å². The largest absolute Gasteiger partial charge is 0.468 e. The van der Waals surface area contributed by atoms with Crippen molar-refractivity contribution in [2.24, 2.45) is 0 Å². The maximum atomic E-state index is 5.29. The molecule has 0 bridgehead atoms. The van der Waals surface area contributed by atoms with Gasteiger partial charge in [0.25, 0.3) is 0 Å². The zero-order chi connectivity index (χ0) is 13.0. The molecule has 2 rings (SSSR count). The monoisotopic (exact) mass is 251 g/mol. The van der Waals surface area contributed by atoms with Gasteiger partial charge in [-0.2, -0.15) is 0 Å². The van der Waals surface area contributed by atoms with E-state index in [1.54, 1.807) is 6.26 Å². The van der Waals surface area contributed by atoms with Gasteiger partial charge in [0, 0.05) is 38.3 Å². The van der Waals surface area contributed by atoms with Crippen molar-refractivity contribution in [1.82, 2.24) is 15.1 Å². The second kappa shape index (κ2) is 6.36. The SMILES string of the molecule is CC1CN(CCNCc2ccco2)CC(C)N1C. The highest BCUT2D eigenvalue weighted by Crippen LogP contribution is 2.12. The summed E-state index contributed by atoms with van der Waals surface area (Å²) in [5.74, 6) is 1.01. The van der Waals surface area contributed by atoms with Crippen molar-refractivity contribution in [2.45, 2.75) is 32.5 Å². The Bertz CT molecular complexity index is 327. The minimum atomic E-state index is 0.652. The Morgan fingerprint density at radius 3 is 2.67 bits per heavy atom. The van der Waals surface area contributed by atoms with E-state index in [2.05, 4.69) is 36.0 Å². The number of nitrogens with zero attached hydrogens (tertiary/aromatic N) is 2. The Labute approximate surface area is 110 Å². The number of likely N-dealkylation sites (N-methyl/N-ethyl adjacent to an activating group) is 1. The molecule has 2 heterocycles. The van der Waals surface area contributed by atoms with Crippen molar-refractivity contribution in [3.63, 3.8) is 0 Å². The van der Waals surface area contributed by atoms with E-state index < -0.39 is 0 Å². The van der Waals surface area contributed by atoms with Gasteiger partial charge in [0.15, 0.2) is 0 Å². The highest BCUT2D eigenvalue weighted by Gasteiger charge is 2.25. The van der Waals surface area contributed by atoms with Crippen LogP contribution in [0.1, 0.15) is 19.6 Å². The third-order valence-corrected chi connectivity index (χ3v) is 3.92. The topological polar surface area (TPSA) is 31.6 Å². The van der Waals surface area contributed by atoms with Gasteiger partial charge in [-0.3, -0.25) is 9.80 Å². The summed E-state index contributed by atoms with van der Waals surface area (Å²) in [6, 6.07) is 5.24. The molecule has 1 N–H and O–H groups in total. The molecule has 102 valence electrons. The van der Waals surface area contributed by atoms with Crippen molar-refractivity contribution in [2.75, 3.05) is 33.2 Å². The molecular formula is C14H25N3O. The van der Waals surface area contributed by atoms with Crippen LogP contribution in [0.15, 0.2) is 22.8 Å². The predicted octanol–water partition coefficient (Wildman–Crippen LogP) is 1.39. The Morgan fingerprint density at radius 2 is 2.06 bits per heavy atom. The van der Waals surface area contributed by atoms with Crippen LogP contribution in [-0.4, -0.2) is 55.1 Å². The van der Waals surface area contributed by atoms with E-state index in [1.807, 2.05) is 12.1 Å². The van der Waals surface area contributed by atoms with Gasteiger partial charge in [0.2, 0.25) is 0 Å². The van der Waals surface area contributed by atoms with Gasteiger partial charge in [0.1, 0.15) is 5.76 Å². The molecule has 1 aliphatic rings. The number of hydrogen-bond donors (Lipinski definition) is 1. The number of rotatable bonds is 5. The molecule has 18 heavy (non-hydrogen) atoms. The molecule has 1 aromatic rings. The normalized spacial score (nSPS) is 26.6. The number of piperazine rings is 1. The predicted molar refractivity (Wildman–Crippen MR) is 73.5 cm³/mol. The first-order valence-electron chi connectivity index (χ1n) is 6.84. The second-order valence-corrected chi connectivity index (χ2v) is 5.38. The minimum absolute atomic E-state index is 0.652. The molecule has 0 radical (unpaired) electrons. The molecule has 0 aliphatic carbocycles. The van der Waals surface area contributed by atoms with Crippen LogP contribution < -0.4 is 5.32 Å². The van der Waals surface area contributed by atoms with Crippen LogP contribution in [0.3, 0.4) is 0 Å². The molecule has 1 saturated heterocycles. The van der Waals surface area contributed by atoms with E-state index in [4.69, 9.17) is 4.42 Å². The van der Waals surface area contributed by atoms with Gasteiger partial charge >= 0.3 is 0 Å². The zero-order valence-corrected chi connectivity index (χ0v) is 11.7. The molecule has 2 atom stereocenters. The van der Waals surface area contributed by atoms with Crippen LogP contribution in [-0.2, 0) is 6.54 Å². The standard InChI is InChI=1S/C14H25N3O/c1-12-10-17(11-13(2)16(12)3)7-6-15-9-14-5-4-8-18-14/h4-5,8,12-13,15H,6-7,9-11H2,1-3H3. The average Bonchev–Trinajstić information content (AvgIpc) is 2.84. The van der Waals surface area contributed by atoms with Crippen LogP contribution in [0.4, 0.5) is 0 Å². The molecular weight excluding hydrogens is 226 g/mol. The summed E-state index contributed by atoms with van der Waals surface area (Å²) in [5.41, 5.74) is 0. The highest BCUT2D eigenvalue weighted by atomic mass is 16.3. The smallest absolute Gasteiger partial charge is 0.117 e. The van der Waals surface area contributed by atoms with Crippen molar-refractivity contribution >= 4 is 0 Å². The van der Waals surface area contributed by atoms with Crippen LogP contribution in [0, 0.1) is 0 Å². The molecule has 2 unspecified atom stereocenters. The van der Waals surface area contributed by atoms with Gasteiger partial charge in [0.05, 0.1) is 12.8 Å². The summed E-state index contributed by atoms with van der Waals surface area (Å²) in [5, 5.41) is 3.43. The lowest BCUT2D eigenvalue weighted by Gasteiger charge is -2.42. The second-order valence-electron chi connectivity index (χ2n) is 5.38. The van der Waals surface area contributed by atoms with E-state index in [1.165, 1.54) is 13.1 Å². The third-order valence-electron chi connectivity index (χ3n) is 3.92. The third kappa shape index (κ3) is 3.57. The number of nitrogens with one attached hydrogen (secondary N) is 1. The van der Waals surface area contributed by atoms with Gasteiger partial charge in [-0.05, 0) is 33.0 Å². The Balaban J connectivity index is 1.65. The molecule has 1 aliphatic heterocycles. The van der Waals surface area contributed by atoms with Gasteiger partial charge in [-0.1, -0.05) is 0 Å². The van der Waals surface area contributed by atoms with E-state index in [0.29, 0.717) is 12.1 Å². The van der Waals surface area contributed by atoms with E-state index in [9.17, 15) is 0 Å². The summed E-state index contributed by atoms with van der Waals surface area (Å²) in [7, 11) is 2.22. The minimum Gasteiger partial charge on any atom is -0.468 e. The number of furan rings is 1. The van der Waals surface area contributed by atoms with E-state index >= 15 is 0 Å². The van der Waals surface area contributed by atoms with Gasteiger partial charge < -0.3 is 9.73 Å². The van der Waals surface area contributed by atoms with E-state index in [0.717, 1.165) is 25.4 Å². The molecule has 4 nitrogen and oxygen atoms in total. The van der Waals surface area contributed by atoms with Crippen LogP contribution in [0.5, 0.6) is 0 Å². The molecule has 0 aromatic carbocycles. The van der Waals surface area contributed by atoms with Crippen molar-refractivity contribution in [1.29, 1.82) is 0 Å². The summed E-state index contributed by atoms with van der Waals surface area (Å²) in [6.07, 6.45) is 1.72.